The van der Waals surface area contributed by atoms with Gasteiger partial charge in [0, 0.05) is 11.9 Å². The maximum absolute atomic E-state index is 12.0. The molecule has 0 aliphatic rings. The lowest BCUT2D eigenvalue weighted by atomic mass is 10.3. The average molecular weight is 360 g/mol. The minimum absolute atomic E-state index is 0.151. The number of hydrogen-bond acceptors (Lipinski definition) is 5. The van der Waals surface area contributed by atoms with Gasteiger partial charge in [0.05, 0.1) is 16.5 Å². The van der Waals surface area contributed by atoms with Crippen LogP contribution in [0.1, 0.15) is 5.69 Å². The van der Waals surface area contributed by atoms with E-state index in [0.29, 0.717) is 21.6 Å². The predicted molar refractivity (Wildman–Crippen MR) is 94.7 cm³/mol. The summed E-state index contributed by atoms with van der Waals surface area (Å²) in [7, 11) is 0. The van der Waals surface area contributed by atoms with E-state index < -0.39 is 0 Å². The van der Waals surface area contributed by atoms with Gasteiger partial charge in [-0.2, -0.15) is 5.10 Å². The van der Waals surface area contributed by atoms with Gasteiger partial charge in [0.25, 0.3) is 0 Å². The van der Waals surface area contributed by atoms with Crippen LogP contribution in [0.15, 0.2) is 53.7 Å². The van der Waals surface area contributed by atoms with Crippen LogP contribution in [-0.4, -0.2) is 31.6 Å². The number of para-hydroxylation sites is 1. The van der Waals surface area contributed by atoms with Gasteiger partial charge in [-0.25, -0.2) is 4.68 Å². The van der Waals surface area contributed by atoms with Crippen LogP contribution < -0.4 is 5.32 Å². The van der Waals surface area contributed by atoms with E-state index in [1.165, 1.54) is 11.8 Å². The van der Waals surface area contributed by atoms with Crippen LogP contribution in [0.4, 0.5) is 5.69 Å². The molecule has 24 heavy (non-hydrogen) atoms. The molecule has 3 rings (SSSR count). The zero-order valence-electron chi connectivity index (χ0n) is 12.8. The van der Waals surface area contributed by atoms with Crippen molar-refractivity contribution in [2.45, 2.75) is 11.9 Å². The van der Waals surface area contributed by atoms with Crippen molar-refractivity contribution < 1.29 is 4.79 Å². The van der Waals surface area contributed by atoms with Crippen LogP contribution in [0, 0.1) is 6.92 Å². The summed E-state index contributed by atoms with van der Waals surface area (Å²) in [5, 5.41) is 16.4. The maximum Gasteiger partial charge on any atom is 0.234 e. The van der Waals surface area contributed by atoms with Crippen molar-refractivity contribution in [1.82, 2.24) is 20.0 Å². The van der Waals surface area contributed by atoms with Crippen molar-refractivity contribution in [2.24, 2.45) is 0 Å². The van der Waals surface area contributed by atoms with Crippen molar-refractivity contribution >= 4 is 35.0 Å². The lowest BCUT2D eigenvalue weighted by molar-refractivity contribution is -0.113. The largest absolute Gasteiger partial charge is 0.324 e. The molecule has 0 bridgehead atoms. The molecule has 8 heteroatoms. The number of carbonyl (C=O) groups excluding carboxylic acids is 1. The summed E-state index contributed by atoms with van der Waals surface area (Å²) >= 11 is 7.32. The highest BCUT2D eigenvalue weighted by atomic mass is 35.5. The number of benzene rings is 1. The number of carbonyl (C=O) groups is 1. The van der Waals surface area contributed by atoms with E-state index in [1.807, 2.05) is 37.3 Å². The third kappa shape index (κ3) is 3.93. The third-order valence-electron chi connectivity index (χ3n) is 3.17. The summed E-state index contributed by atoms with van der Waals surface area (Å²) in [6.07, 6.45) is 1.71. The lowest BCUT2D eigenvalue weighted by Gasteiger charge is -2.07. The van der Waals surface area contributed by atoms with Crippen LogP contribution in [0.2, 0.25) is 5.02 Å². The number of nitrogens with one attached hydrogen (secondary N) is 1. The SMILES string of the molecule is Cc1ccnn1-c1ccc(SCC(=O)Nc2ccccc2Cl)nn1. The van der Waals surface area contributed by atoms with Crippen molar-refractivity contribution in [3.63, 3.8) is 0 Å². The van der Waals surface area contributed by atoms with Gasteiger partial charge in [0.15, 0.2) is 5.82 Å². The molecular weight excluding hydrogens is 346 g/mol. The first-order valence-electron chi connectivity index (χ1n) is 7.15. The zero-order chi connectivity index (χ0) is 16.9. The van der Waals surface area contributed by atoms with Gasteiger partial charge in [0.2, 0.25) is 5.91 Å². The number of aromatic nitrogens is 4. The molecule has 122 valence electrons. The molecule has 3 aromatic rings. The molecular formula is C16H14ClN5OS. The molecule has 2 aromatic heterocycles. The molecule has 6 nitrogen and oxygen atoms in total. The molecule has 0 aliphatic carbocycles. The van der Waals surface area contributed by atoms with E-state index in [2.05, 4.69) is 20.6 Å². The third-order valence-corrected chi connectivity index (χ3v) is 4.42. The first kappa shape index (κ1) is 16.5. The van der Waals surface area contributed by atoms with Gasteiger partial charge in [0.1, 0.15) is 5.03 Å². The molecule has 0 saturated heterocycles. The number of rotatable bonds is 5. The van der Waals surface area contributed by atoms with Gasteiger partial charge in [-0.1, -0.05) is 35.5 Å². The number of anilines is 1. The Morgan fingerprint density at radius 2 is 2.04 bits per heavy atom. The smallest absolute Gasteiger partial charge is 0.234 e. The highest BCUT2D eigenvalue weighted by Gasteiger charge is 2.08. The summed E-state index contributed by atoms with van der Waals surface area (Å²) in [5.41, 5.74) is 1.57. The molecule has 2 heterocycles. The number of thioether (sulfide) groups is 1. The molecule has 0 radical (unpaired) electrons. The monoisotopic (exact) mass is 359 g/mol. The van der Waals surface area contributed by atoms with Crippen LogP contribution in [-0.2, 0) is 4.79 Å². The van der Waals surface area contributed by atoms with Gasteiger partial charge < -0.3 is 5.32 Å². The lowest BCUT2D eigenvalue weighted by Crippen LogP contribution is -2.14. The average Bonchev–Trinajstić information content (AvgIpc) is 3.02. The molecule has 0 atom stereocenters. The quantitative estimate of drug-likeness (QED) is 0.707. The van der Waals surface area contributed by atoms with E-state index in [1.54, 1.807) is 23.0 Å². The van der Waals surface area contributed by atoms with E-state index >= 15 is 0 Å². The van der Waals surface area contributed by atoms with Crippen molar-refractivity contribution in [1.29, 1.82) is 0 Å². The summed E-state index contributed by atoms with van der Waals surface area (Å²) < 4.78 is 1.70. The predicted octanol–water partition coefficient (Wildman–Crippen LogP) is 3.35. The molecule has 0 spiro atoms. The molecule has 0 fully saturated rings. The Morgan fingerprint density at radius 3 is 2.71 bits per heavy atom. The van der Waals surface area contributed by atoms with Crippen LogP contribution in [0.5, 0.6) is 0 Å². The Hall–Kier alpha value is -2.38. The highest BCUT2D eigenvalue weighted by molar-refractivity contribution is 7.99. The van der Waals surface area contributed by atoms with Gasteiger partial charge >= 0.3 is 0 Å². The highest BCUT2D eigenvalue weighted by Crippen LogP contribution is 2.21. The number of amides is 1. The minimum atomic E-state index is -0.151. The van der Waals surface area contributed by atoms with Crippen LogP contribution in [0.25, 0.3) is 5.82 Å². The van der Waals surface area contributed by atoms with Gasteiger partial charge in [-0.05, 0) is 37.3 Å². The number of nitrogens with zero attached hydrogens (tertiary/aromatic N) is 4. The molecule has 1 aromatic carbocycles. The standard InChI is InChI=1S/C16H14ClN5OS/c1-11-8-9-18-22(11)14-6-7-16(21-20-14)24-10-15(23)19-13-5-3-2-4-12(13)17/h2-9H,10H2,1H3,(H,19,23). The Balaban J connectivity index is 1.58. The maximum atomic E-state index is 12.0. The fourth-order valence-electron chi connectivity index (χ4n) is 2.00. The van der Waals surface area contributed by atoms with Crippen molar-refractivity contribution in [3.8, 4) is 5.82 Å². The molecule has 1 amide bonds. The van der Waals surface area contributed by atoms with Crippen molar-refractivity contribution in [2.75, 3.05) is 11.1 Å². The minimum Gasteiger partial charge on any atom is -0.324 e. The number of aryl methyl sites for hydroxylation is 1. The van der Waals surface area contributed by atoms with Gasteiger partial charge in [-0.15, -0.1) is 10.2 Å². The fraction of sp³-hybridized carbons (Fsp3) is 0.125. The number of hydrogen-bond donors (Lipinski definition) is 1. The van der Waals surface area contributed by atoms with Crippen molar-refractivity contribution in [3.05, 3.63) is 59.4 Å². The molecule has 1 N–H and O–H groups in total. The Labute approximate surface area is 148 Å². The summed E-state index contributed by atoms with van der Waals surface area (Å²) in [4.78, 5) is 12.0. The summed E-state index contributed by atoms with van der Waals surface area (Å²) in [6.45, 7) is 1.94. The topological polar surface area (TPSA) is 72.7 Å². The summed E-state index contributed by atoms with van der Waals surface area (Å²) in [5.74, 6) is 0.712. The van der Waals surface area contributed by atoms with E-state index in [4.69, 9.17) is 11.6 Å². The van der Waals surface area contributed by atoms with E-state index in [0.717, 1.165) is 5.69 Å². The van der Waals surface area contributed by atoms with Gasteiger partial charge in [-0.3, -0.25) is 4.79 Å². The zero-order valence-corrected chi connectivity index (χ0v) is 14.4. The normalized spacial score (nSPS) is 10.6. The molecule has 0 saturated carbocycles. The first-order chi connectivity index (χ1) is 11.6. The fourth-order valence-corrected chi connectivity index (χ4v) is 2.80. The first-order valence-corrected chi connectivity index (χ1v) is 8.52. The van der Waals surface area contributed by atoms with E-state index in [-0.39, 0.29) is 11.7 Å². The van der Waals surface area contributed by atoms with E-state index in [9.17, 15) is 4.79 Å². The molecule has 0 unspecified atom stereocenters. The van der Waals surface area contributed by atoms with Crippen LogP contribution in [0.3, 0.4) is 0 Å². The Morgan fingerprint density at radius 1 is 1.21 bits per heavy atom. The summed E-state index contributed by atoms with van der Waals surface area (Å²) in [6, 6.07) is 12.6. The second kappa shape index (κ2) is 7.46. The number of halogens is 1. The van der Waals surface area contributed by atoms with Crippen LogP contribution >= 0.6 is 23.4 Å². The second-order valence-electron chi connectivity index (χ2n) is 4.93. The molecule has 0 aliphatic heterocycles. The Bertz CT molecular complexity index is 850. The second-order valence-corrected chi connectivity index (χ2v) is 6.33. The Kier molecular flexibility index (Phi) is 5.12.